The number of carboxylic acids is 1. The smallest absolute Gasteiger partial charge is 0.337 e. The molecule has 0 spiro atoms. The van der Waals surface area contributed by atoms with E-state index in [4.69, 9.17) is 5.11 Å². The molecule has 1 aliphatic rings. The van der Waals surface area contributed by atoms with E-state index >= 15 is 0 Å². The molecule has 98 valence electrons. The van der Waals surface area contributed by atoms with Crippen LogP contribution in [0.2, 0.25) is 0 Å². The quantitative estimate of drug-likeness (QED) is 0.759. The maximum absolute atomic E-state index is 10.7. The highest BCUT2D eigenvalue weighted by molar-refractivity contribution is 5.87. The van der Waals surface area contributed by atoms with E-state index in [1.807, 2.05) is 0 Å². The summed E-state index contributed by atoms with van der Waals surface area (Å²) in [6.07, 6.45) is 9.43. The first kappa shape index (κ1) is 12.9. The molecule has 1 fully saturated rings. The standard InChI is InChI=1S/C14H20N2O2/c17-14(18)12-7-8-13(16-10-12)15-9-3-6-11-4-1-2-5-11/h7-8,10-11H,1-6,9H2,(H,15,16)(H,17,18). The summed E-state index contributed by atoms with van der Waals surface area (Å²) in [7, 11) is 0. The lowest BCUT2D eigenvalue weighted by atomic mass is 10.0. The summed E-state index contributed by atoms with van der Waals surface area (Å²) in [4.78, 5) is 14.7. The number of aromatic carboxylic acids is 1. The molecule has 0 aromatic carbocycles. The monoisotopic (exact) mass is 248 g/mol. The summed E-state index contributed by atoms with van der Waals surface area (Å²) in [6.45, 7) is 0.913. The van der Waals surface area contributed by atoms with E-state index in [9.17, 15) is 4.79 Å². The molecule has 0 atom stereocenters. The average molecular weight is 248 g/mol. The lowest BCUT2D eigenvalue weighted by Crippen LogP contribution is -2.06. The average Bonchev–Trinajstić information content (AvgIpc) is 2.88. The molecular weight excluding hydrogens is 228 g/mol. The minimum Gasteiger partial charge on any atom is -0.478 e. The van der Waals surface area contributed by atoms with Gasteiger partial charge in [-0.1, -0.05) is 25.7 Å². The number of hydrogen-bond donors (Lipinski definition) is 2. The summed E-state index contributed by atoms with van der Waals surface area (Å²) in [5, 5.41) is 12.0. The Morgan fingerprint density at radius 3 is 2.78 bits per heavy atom. The molecule has 0 radical (unpaired) electrons. The fraction of sp³-hybridized carbons (Fsp3) is 0.571. The molecule has 4 nitrogen and oxygen atoms in total. The van der Waals surface area contributed by atoms with Crippen molar-refractivity contribution >= 4 is 11.8 Å². The molecule has 2 N–H and O–H groups in total. The van der Waals surface area contributed by atoms with Crippen molar-refractivity contribution < 1.29 is 9.90 Å². The van der Waals surface area contributed by atoms with E-state index in [0.717, 1.165) is 24.7 Å². The van der Waals surface area contributed by atoms with Gasteiger partial charge in [-0.3, -0.25) is 0 Å². The van der Waals surface area contributed by atoms with Gasteiger partial charge in [-0.15, -0.1) is 0 Å². The molecule has 1 aromatic heterocycles. The number of nitrogens with one attached hydrogen (secondary N) is 1. The highest BCUT2D eigenvalue weighted by Crippen LogP contribution is 2.28. The minimum atomic E-state index is -0.935. The zero-order valence-electron chi connectivity index (χ0n) is 10.6. The van der Waals surface area contributed by atoms with Crippen LogP contribution in [0.1, 0.15) is 48.9 Å². The second-order valence-electron chi connectivity index (χ2n) is 4.96. The molecule has 0 saturated heterocycles. The Bertz CT molecular complexity index is 383. The Hall–Kier alpha value is -1.58. The SMILES string of the molecule is O=C(O)c1ccc(NCCCC2CCCC2)nc1. The Morgan fingerprint density at radius 1 is 1.39 bits per heavy atom. The van der Waals surface area contributed by atoms with Gasteiger partial charge in [0, 0.05) is 12.7 Å². The molecule has 1 saturated carbocycles. The van der Waals surface area contributed by atoms with Crippen molar-refractivity contribution in [1.29, 1.82) is 0 Å². The van der Waals surface area contributed by atoms with Gasteiger partial charge in [0.15, 0.2) is 0 Å². The molecule has 4 heteroatoms. The van der Waals surface area contributed by atoms with Crippen molar-refractivity contribution in [3.8, 4) is 0 Å². The molecule has 0 bridgehead atoms. The fourth-order valence-electron chi connectivity index (χ4n) is 2.53. The third-order valence-corrected chi connectivity index (χ3v) is 3.58. The fourth-order valence-corrected chi connectivity index (χ4v) is 2.53. The van der Waals surface area contributed by atoms with Gasteiger partial charge in [-0.2, -0.15) is 0 Å². The first-order chi connectivity index (χ1) is 8.75. The molecule has 18 heavy (non-hydrogen) atoms. The van der Waals surface area contributed by atoms with Gasteiger partial charge in [-0.25, -0.2) is 9.78 Å². The molecular formula is C14H20N2O2. The highest BCUT2D eigenvalue weighted by Gasteiger charge is 2.13. The number of carboxylic acid groups (broad SMARTS) is 1. The summed E-state index contributed by atoms with van der Waals surface area (Å²) >= 11 is 0. The van der Waals surface area contributed by atoms with Crippen LogP contribution in [0.25, 0.3) is 0 Å². The van der Waals surface area contributed by atoms with Crippen molar-refractivity contribution in [3.63, 3.8) is 0 Å². The number of carbonyl (C=O) groups is 1. The van der Waals surface area contributed by atoms with E-state index in [2.05, 4.69) is 10.3 Å². The maximum Gasteiger partial charge on any atom is 0.337 e. The van der Waals surface area contributed by atoms with E-state index in [1.54, 1.807) is 12.1 Å². The minimum absolute atomic E-state index is 0.228. The lowest BCUT2D eigenvalue weighted by molar-refractivity contribution is 0.0696. The number of pyridine rings is 1. The molecule has 1 aromatic rings. The van der Waals surface area contributed by atoms with E-state index in [0.29, 0.717) is 0 Å². The molecule has 0 amide bonds. The first-order valence-electron chi connectivity index (χ1n) is 6.69. The van der Waals surface area contributed by atoms with Gasteiger partial charge >= 0.3 is 5.97 Å². The summed E-state index contributed by atoms with van der Waals surface area (Å²) < 4.78 is 0. The van der Waals surface area contributed by atoms with Crippen LogP contribution in [0, 0.1) is 5.92 Å². The van der Waals surface area contributed by atoms with Gasteiger partial charge in [0.1, 0.15) is 5.82 Å². The van der Waals surface area contributed by atoms with Crippen LogP contribution in [0.4, 0.5) is 5.82 Å². The zero-order chi connectivity index (χ0) is 12.8. The van der Waals surface area contributed by atoms with E-state index in [-0.39, 0.29) is 5.56 Å². The Kier molecular flexibility index (Phi) is 4.56. The molecule has 0 aliphatic heterocycles. The number of anilines is 1. The summed E-state index contributed by atoms with van der Waals surface area (Å²) in [5.41, 5.74) is 0.228. The van der Waals surface area contributed by atoms with Crippen molar-refractivity contribution in [3.05, 3.63) is 23.9 Å². The Balaban J connectivity index is 1.68. The number of rotatable bonds is 6. The predicted octanol–water partition coefficient (Wildman–Crippen LogP) is 3.16. The van der Waals surface area contributed by atoms with Crippen molar-refractivity contribution in [2.24, 2.45) is 5.92 Å². The van der Waals surface area contributed by atoms with Crippen molar-refractivity contribution in [1.82, 2.24) is 4.98 Å². The van der Waals surface area contributed by atoms with Crippen LogP contribution in [-0.4, -0.2) is 22.6 Å². The largest absolute Gasteiger partial charge is 0.478 e. The maximum atomic E-state index is 10.7. The lowest BCUT2D eigenvalue weighted by Gasteiger charge is -2.09. The highest BCUT2D eigenvalue weighted by atomic mass is 16.4. The first-order valence-corrected chi connectivity index (χ1v) is 6.69. The number of aromatic nitrogens is 1. The second-order valence-corrected chi connectivity index (χ2v) is 4.96. The van der Waals surface area contributed by atoms with Gasteiger partial charge in [-0.05, 0) is 30.9 Å². The van der Waals surface area contributed by atoms with E-state index < -0.39 is 5.97 Å². The van der Waals surface area contributed by atoms with Crippen molar-refractivity contribution in [2.75, 3.05) is 11.9 Å². The normalized spacial score (nSPS) is 15.8. The summed E-state index contributed by atoms with van der Waals surface area (Å²) in [5.74, 6) is 0.746. The predicted molar refractivity (Wildman–Crippen MR) is 70.9 cm³/mol. The van der Waals surface area contributed by atoms with Crippen LogP contribution in [-0.2, 0) is 0 Å². The van der Waals surface area contributed by atoms with Gasteiger partial charge in [0.25, 0.3) is 0 Å². The molecule has 0 unspecified atom stereocenters. The van der Waals surface area contributed by atoms with Crippen LogP contribution in [0.5, 0.6) is 0 Å². The van der Waals surface area contributed by atoms with Crippen LogP contribution in [0.3, 0.4) is 0 Å². The molecule has 2 rings (SSSR count). The van der Waals surface area contributed by atoms with E-state index in [1.165, 1.54) is 38.3 Å². The van der Waals surface area contributed by atoms with Gasteiger partial charge in [0.05, 0.1) is 5.56 Å². The second kappa shape index (κ2) is 6.38. The zero-order valence-corrected chi connectivity index (χ0v) is 10.6. The molecule has 1 aliphatic carbocycles. The number of nitrogens with zero attached hydrogens (tertiary/aromatic N) is 1. The summed E-state index contributed by atoms with van der Waals surface area (Å²) in [6, 6.07) is 3.30. The third kappa shape index (κ3) is 3.72. The Labute approximate surface area is 107 Å². The number of hydrogen-bond acceptors (Lipinski definition) is 3. The van der Waals surface area contributed by atoms with Crippen LogP contribution >= 0.6 is 0 Å². The van der Waals surface area contributed by atoms with Crippen LogP contribution in [0.15, 0.2) is 18.3 Å². The third-order valence-electron chi connectivity index (χ3n) is 3.58. The van der Waals surface area contributed by atoms with Crippen LogP contribution < -0.4 is 5.32 Å². The Morgan fingerprint density at radius 2 is 2.17 bits per heavy atom. The van der Waals surface area contributed by atoms with Crippen molar-refractivity contribution in [2.45, 2.75) is 38.5 Å². The topological polar surface area (TPSA) is 62.2 Å². The molecule has 1 heterocycles. The van der Waals surface area contributed by atoms with Gasteiger partial charge < -0.3 is 10.4 Å². The van der Waals surface area contributed by atoms with Gasteiger partial charge in [0.2, 0.25) is 0 Å².